The zero-order valence-electron chi connectivity index (χ0n) is 10.3. The van der Waals surface area contributed by atoms with E-state index >= 15 is 0 Å². The van der Waals surface area contributed by atoms with Gasteiger partial charge >= 0.3 is 0 Å². The number of nitrogens with zero attached hydrogens (tertiary/aromatic N) is 4. The third-order valence-electron chi connectivity index (χ3n) is 2.96. The Labute approximate surface area is 106 Å². The highest BCUT2D eigenvalue weighted by Gasteiger charge is 2.16. The zero-order valence-corrected chi connectivity index (χ0v) is 10.3. The summed E-state index contributed by atoms with van der Waals surface area (Å²) in [6, 6.07) is 7.29. The first-order valence-electron chi connectivity index (χ1n) is 5.78. The van der Waals surface area contributed by atoms with Gasteiger partial charge < -0.3 is 14.2 Å². The number of furan rings is 1. The third-order valence-corrected chi connectivity index (χ3v) is 2.96. The van der Waals surface area contributed by atoms with E-state index in [1.807, 2.05) is 18.2 Å². The van der Waals surface area contributed by atoms with Gasteiger partial charge in [0.05, 0.1) is 0 Å². The van der Waals surface area contributed by atoms with Crippen LogP contribution in [0.1, 0.15) is 5.76 Å². The van der Waals surface area contributed by atoms with Crippen LogP contribution in [0, 0.1) is 22.7 Å². The monoisotopic (exact) mass is 242 g/mol. The van der Waals surface area contributed by atoms with Gasteiger partial charge in [-0.25, -0.2) is 0 Å². The first-order valence-corrected chi connectivity index (χ1v) is 5.78. The van der Waals surface area contributed by atoms with E-state index < -0.39 is 0 Å². The molecular formula is C13H14N4O. The first-order chi connectivity index (χ1) is 8.72. The third kappa shape index (κ3) is 2.71. The molecule has 0 saturated carbocycles. The van der Waals surface area contributed by atoms with Crippen molar-refractivity contribution in [2.45, 2.75) is 0 Å². The summed E-state index contributed by atoms with van der Waals surface area (Å²) in [5.41, 5.74) is 0.0503. The first kappa shape index (κ1) is 12.2. The molecule has 2 rings (SSSR count). The molecule has 0 radical (unpaired) electrons. The molecule has 0 N–H and O–H groups in total. The maximum Gasteiger partial charge on any atom is 0.196 e. The second kappa shape index (κ2) is 5.39. The lowest BCUT2D eigenvalue weighted by molar-refractivity contribution is 0.306. The molecule has 1 aromatic heterocycles. The van der Waals surface area contributed by atoms with Crippen LogP contribution in [0.4, 0.5) is 5.88 Å². The average molecular weight is 242 g/mol. The molecule has 1 aliphatic rings. The lowest BCUT2D eigenvalue weighted by Crippen LogP contribution is -2.44. The Morgan fingerprint density at radius 2 is 1.89 bits per heavy atom. The fourth-order valence-corrected chi connectivity index (χ4v) is 1.85. The largest absolute Gasteiger partial charge is 0.441 e. The van der Waals surface area contributed by atoms with Crippen molar-refractivity contribution in [1.82, 2.24) is 4.90 Å². The predicted molar refractivity (Wildman–Crippen MR) is 67.6 cm³/mol. The summed E-state index contributed by atoms with van der Waals surface area (Å²) in [4.78, 5) is 4.43. The summed E-state index contributed by atoms with van der Waals surface area (Å²) in [6.07, 6.45) is 1.46. The molecule has 0 atom stereocenters. The van der Waals surface area contributed by atoms with E-state index in [1.54, 1.807) is 6.07 Å². The van der Waals surface area contributed by atoms with E-state index in [2.05, 4.69) is 16.8 Å². The topological polar surface area (TPSA) is 67.2 Å². The molecule has 1 aliphatic heterocycles. The summed E-state index contributed by atoms with van der Waals surface area (Å²) >= 11 is 0. The van der Waals surface area contributed by atoms with Gasteiger partial charge in [0.1, 0.15) is 23.5 Å². The SMILES string of the molecule is CN1CCN(c2ccc(C=C(C#N)C#N)o2)CC1. The van der Waals surface area contributed by atoms with Crippen molar-refractivity contribution in [3.8, 4) is 12.1 Å². The molecule has 18 heavy (non-hydrogen) atoms. The molecule has 1 fully saturated rings. The van der Waals surface area contributed by atoms with Crippen molar-refractivity contribution in [3.05, 3.63) is 23.5 Å². The number of nitriles is 2. The van der Waals surface area contributed by atoms with Gasteiger partial charge in [-0.2, -0.15) is 10.5 Å². The van der Waals surface area contributed by atoms with Gasteiger partial charge in [-0.1, -0.05) is 0 Å². The van der Waals surface area contributed by atoms with Gasteiger partial charge in [-0.05, 0) is 13.1 Å². The fourth-order valence-electron chi connectivity index (χ4n) is 1.85. The van der Waals surface area contributed by atoms with Crippen LogP contribution in [-0.4, -0.2) is 38.1 Å². The van der Waals surface area contributed by atoms with Crippen LogP contribution in [-0.2, 0) is 0 Å². The smallest absolute Gasteiger partial charge is 0.196 e. The Morgan fingerprint density at radius 1 is 1.22 bits per heavy atom. The van der Waals surface area contributed by atoms with E-state index in [4.69, 9.17) is 14.9 Å². The van der Waals surface area contributed by atoms with Gasteiger partial charge in [-0.15, -0.1) is 0 Å². The van der Waals surface area contributed by atoms with Crippen molar-refractivity contribution in [1.29, 1.82) is 10.5 Å². The summed E-state index contributed by atoms with van der Waals surface area (Å²) < 4.78 is 5.62. The number of rotatable bonds is 2. The normalized spacial score (nSPS) is 15.8. The number of allylic oxidation sites excluding steroid dienone is 1. The predicted octanol–water partition coefficient (Wildman–Crippen LogP) is 1.46. The molecule has 0 aromatic carbocycles. The molecule has 92 valence electrons. The fraction of sp³-hybridized carbons (Fsp3) is 0.385. The Morgan fingerprint density at radius 3 is 2.50 bits per heavy atom. The molecule has 0 bridgehead atoms. The Balaban J connectivity index is 2.10. The molecule has 5 heteroatoms. The highest BCUT2D eigenvalue weighted by Crippen LogP contribution is 2.21. The summed E-state index contributed by atoms with van der Waals surface area (Å²) in [5, 5.41) is 17.3. The maximum absolute atomic E-state index is 8.67. The van der Waals surface area contributed by atoms with E-state index in [0.717, 1.165) is 32.1 Å². The highest BCUT2D eigenvalue weighted by atomic mass is 16.4. The zero-order chi connectivity index (χ0) is 13.0. The molecular weight excluding hydrogens is 228 g/mol. The van der Waals surface area contributed by atoms with E-state index in [-0.39, 0.29) is 5.57 Å². The van der Waals surface area contributed by atoms with Crippen molar-refractivity contribution in [3.63, 3.8) is 0 Å². The number of anilines is 1. The van der Waals surface area contributed by atoms with Crippen LogP contribution in [0.25, 0.3) is 6.08 Å². The van der Waals surface area contributed by atoms with Crippen molar-refractivity contribution >= 4 is 12.0 Å². The van der Waals surface area contributed by atoms with Crippen LogP contribution in [0.2, 0.25) is 0 Å². The highest BCUT2D eigenvalue weighted by molar-refractivity contribution is 5.60. The summed E-state index contributed by atoms with van der Waals surface area (Å²) in [6.45, 7) is 3.87. The van der Waals surface area contributed by atoms with Crippen LogP contribution in [0.3, 0.4) is 0 Å². The minimum Gasteiger partial charge on any atom is -0.441 e. The minimum absolute atomic E-state index is 0.0503. The Kier molecular flexibility index (Phi) is 3.66. The molecule has 0 unspecified atom stereocenters. The number of likely N-dealkylation sites (N-methyl/N-ethyl adjacent to an activating group) is 1. The second-order valence-electron chi connectivity index (χ2n) is 4.25. The number of hydrogen-bond donors (Lipinski definition) is 0. The minimum atomic E-state index is 0.0503. The molecule has 0 spiro atoms. The molecule has 1 saturated heterocycles. The summed E-state index contributed by atoms with van der Waals surface area (Å²) in [5.74, 6) is 1.34. The van der Waals surface area contributed by atoms with Gasteiger partial charge in [-0.3, -0.25) is 0 Å². The molecule has 0 amide bonds. The number of piperazine rings is 1. The van der Waals surface area contributed by atoms with Crippen LogP contribution in [0.5, 0.6) is 0 Å². The lowest BCUT2D eigenvalue weighted by atomic mass is 10.3. The van der Waals surface area contributed by atoms with Crippen molar-refractivity contribution < 1.29 is 4.42 Å². The molecule has 5 nitrogen and oxygen atoms in total. The Bertz CT molecular complexity index is 508. The molecule has 2 heterocycles. The van der Waals surface area contributed by atoms with Gasteiger partial charge in [0.2, 0.25) is 0 Å². The molecule has 0 aliphatic carbocycles. The van der Waals surface area contributed by atoms with Crippen LogP contribution in [0.15, 0.2) is 22.1 Å². The van der Waals surface area contributed by atoms with Crippen molar-refractivity contribution in [2.24, 2.45) is 0 Å². The average Bonchev–Trinajstić information content (AvgIpc) is 2.85. The van der Waals surface area contributed by atoms with Crippen molar-refractivity contribution in [2.75, 3.05) is 38.1 Å². The second-order valence-corrected chi connectivity index (χ2v) is 4.25. The van der Waals surface area contributed by atoms with E-state index in [0.29, 0.717) is 5.76 Å². The van der Waals surface area contributed by atoms with E-state index in [9.17, 15) is 0 Å². The van der Waals surface area contributed by atoms with Gasteiger partial charge in [0.15, 0.2) is 5.88 Å². The Hall–Kier alpha value is -2.24. The van der Waals surface area contributed by atoms with E-state index in [1.165, 1.54) is 6.08 Å². The van der Waals surface area contributed by atoms with Gasteiger partial charge in [0, 0.05) is 38.3 Å². The van der Waals surface area contributed by atoms with Crippen LogP contribution >= 0.6 is 0 Å². The van der Waals surface area contributed by atoms with Crippen LogP contribution < -0.4 is 4.90 Å². The van der Waals surface area contributed by atoms with Gasteiger partial charge in [0.25, 0.3) is 0 Å². The quantitative estimate of drug-likeness (QED) is 0.734. The number of hydrogen-bond acceptors (Lipinski definition) is 5. The lowest BCUT2D eigenvalue weighted by Gasteiger charge is -2.32. The molecule has 1 aromatic rings. The standard InChI is InChI=1S/C13H14N4O/c1-16-4-6-17(7-5-16)13-3-2-12(18-13)8-11(9-14)10-15/h2-3,8H,4-7H2,1H3. The summed E-state index contributed by atoms with van der Waals surface area (Å²) in [7, 11) is 2.10. The maximum atomic E-state index is 8.67.